The molecule has 3 rings (SSSR count). The second-order valence-corrected chi connectivity index (χ2v) is 10.0. The largest absolute Gasteiger partial charge is 0.480 e. The normalized spacial score (nSPS) is 18.1. The summed E-state index contributed by atoms with van der Waals surface area (Å²) in [6.07, 6.45) is 3.61. The van der Waals surface area contributed by atoms with Crippen LogP contribution in [0.15, 0.2) is 30.5 Å². The number of aromatic amines is 1. The highest BCUT2D eigenvalue weighted by molar-refractivity contribution is 5.95. The molecule has 1 aromatic heterocycles. The lowest BCUT2D eigenvalue weighted by molar-refractivity contribution is -0.143. The second-order valence-electron chi connectivity index (χ2n) is 10.0. The van der Waals surface area contributed by atoms with E-state index in [4.69, 9.17) is 5.73 Å². The van der Waals surface area contributed by atoms with Crippen LogP contribution in [0.4, 0.5) is 0 Å². The third-order valence-electron chi connectivity index (χ3n) is 7.20. The van der Waals surface area contributed by atoms with E-state index in [1.54, 1.807) is 13.1 Å². The molecule has 1 aromatic carbocycles. The minimum atomic E-state index is -1.34. The van der Waals surface area contributed by atoms with Gasteiger partial charge in [-0.05, 0) is 43.4 Å². The lowest BCUT2D eigenvalue weighted by Gasteiger charge is -2.28. The van der Waals surface area contributed by atoms with Gasteiger partial charge in [0.2, 0.25) is 23.6 Å². The van der Waals surface area contributed by atoms with E-state index < -0.39 is 47.9 Å². The first-order valence-electron chi connectivity index (χ1n) is 13.3. The van der Waals surface area contributed by atoms with E-state index in [9.17, 15) is 29.1 Å². The number of aromatic nitrogens is 1. The fourth-order valence-corrected chi connectivity index (χ4v) is 4.67. The van der Waals surface area contributed by atoms with E-state index in [1.807, 2.05) is 31.2 Å². The predicted octanol–water partition coefficient (Wildman–Crippen LogP) is 0.313. The number of rotatable bonds is 14. The maximum atomic E-state index is 13.6. The van der Waals surface area contributed by atoms with Gasteiger partial charge in [-0.2, -0.15) is 0 Å². The number of amides is 4. The van der Waals surface area contributed by atoms with Gasteiger partial charge >= 0.3 is 5.97 Å². The molecule has 2 aromatic rings. The van der Waals surface area contributed by atoms with Crippen molar-refractivity contribution in [3.63, 3.8) is 0 Å². The Hall–Kier alpha value is -3.93. The monoisotopic (exact) mass is 542 g/mol. The quantitative estimate of drug-likeness (QED) is 0.178. The molecule has 5 unspecified atom stereocenters. The fraction of sp³-hybridized carbons (Fsp3) is 0.519. The number of benzene rings is 1. The number of carbonyl (C=O) groups is 5. The van der Waals surface area contributed by atoms with Crippen LogP contribution in [0.1, 0.15) is 51.5 Å². The Morgan fingerprint density at radius 3 is 2.46 bits per heavy atom. The zero-order valence-corrected chi connectivity index (χ0v) is 22.3. The number of H-pyrrole nitrogens is 1. The molecule has 0 bridgehead atoms. The highest BCUT2D eigenvalue weighted by atomic mass is 16.4. The van der Waals surface area contributed by atoms with E-state index in [-0.39, 0.29) is 31.1 Å². The maximum absolute atomic E-state index is 13.6. The first-order valence-corrected chi connectivity index (χ1v) is 13.3. The molecule has 1 aliphatic rings. The van der Waals surface area contributed by atoms with Crippen molar-refractivity contribution in [3.8, 4) is 0 Å². The number of nitrogens with two attached hydrogens (primary N) is 1. The Morgan fingerprint density at radius 1 is 1.08 bits per heavy atom. The van der Waals surface area contributed by atoms with Gasteiger partial charge in [0.25, 0.3) is 0 Å². The molecule has 1 fully saturated rings. The minimum Gasteiger partial charge on any atom is -0.480 e. The Morgan fingerprint density at radius 2 is 1.82 bits per heavy atom. The van der Waals surface area contributed by atoms with Crippen LogP contribution in [0.5, 0.6) is 0 Å². The van der Waals surface area contributed by atoms with Crippen molar-refractivity contribution in [1.29, 1.82) is 0 Å². The Labute approximate surface area is 226 Å². The lowest BCUT2D eigenvalue weighted by Crippen LogP contribution is -2.59. The molecule has 8 N–H and O–H groups in total. The summed E-state index contributed by atoms with van der Waals surface area (Å²) < 4.78 is 0. The zero-order valence-electron chi connectivity index (χ0n) is 22.3. The summed E-state index contributed by atoms with van der Waals surface area (Å²) in [5.74, 6) is -3.89. The van der Waals surface area contributed by atoms with Gasteiger partial charge in [0.05, 0.1) is 6.04 Å². The summed E-state index contributed by atoms with van der Waals surface area (Å²) in [7, 11) is 0. The van der Waals surface area contributed by atoms with Gasteiger partial charge in [-0.15, -0.1) is 0 Å². The molecule has 1 saturated heterocycles. The van der Waals surface area contributed by atoms with Gasteiger partial charge in [0.15, 0.2) is 0 Å². The summed E-state index contributed by atoms with van der Waals surface area (Å²) in [5.41, 5.74) is 6.85. The first-order chi connectivity index (χ1) is 18.6. The van der Waals surface area contributed by atoms with Crippen molar-refractivity contribution in [2.24, 2.45) is 11.7 Å². The average molecular weight is 543 g/mol. The van der Waals surface area contributed by atoms with Gasteiger partial charge < -0.3 is 37.1 Å². The Balaban J connectivity index is 1.81. The molecule has 0 radical (unpaired) electrons. The van der Waals surface area contributed by atoms with Crippen molar-refractivity contribution < 1.29 is 29.1 Å². The molecule has 4 amide bonds. The number of primary amides is 1. The van der Waals surface area contributed by atoms with Gasteiger partial charge in [-0.3, -0.25) is 19.2 Å². The van der Waals surface area contributed by atoms with Gasteiger partial charge in [0, 0.05) is 29.9 Å². The first kappa shape index (κ1) is 29.6. The number of para-hydroxylation sites is 1. The van der Waals surface area contributed by atoms with E-state index in [2.05, 4.69) is 26.3 Å². The number of aliphatic carboxylic acids is 1. The summed E-state index contributed by atoms with van der Waals surface area (Å²) >= 11 is 0. The van der Waals surface area contributed by atoms with E-state index in [0.29, 0.717) is 19.4 Å². The van der Waals surface area contributed by atoms with Crippen LogP contribution in [-0.4, -0.2) is 70.4 Å². The van der Waals surface area contributed by atoms with Crippen LogP contribution in [0, 0.1) is 5.92 Å². The minimum absolute atomic E-state index is 0.175. The fourth-order valence-electron chi connectivity index (χ4n) is 4.67. The average Bonchev–Trinajstić information content (AvgIpc) is 3.59. The van der Waals surface area contributed by atoms with Crippen molar-refractivity contribution in [2.75, 3.05) is 6.54 Å². The molecule has 1 aliphatic heterocycles. The molecule has 12 heteroatoms. The molecular formula is C27H38N6O6. The number of fused-ring (bicyclic) bond motifs is 1. The van der Waals surface area contributed by atoms with Crippen LogP contribution in [0.3, 0.4) is 0 Å². The van der Waals surface area contributed by atoms with Crippen molar-refractivity contribution in [3.05, 3.63) is 36.0 Å². The Kier molecular flexibility index (Phi) is 10.4. The van der Waals surface area contributed by atoms with Crippen molar-refractivity contribution >= 4 is 40.5 Å². The highest BCUT2D eigenvalue weighted by Crippen LogP contribution is 2.20. The van der Waals surface area contributed by atoms with Crippen molar-refractivity contribution in [1.82, 2.24) is 26.3 Å². The number of nitrogens with one attached hydrogen (secondary N) is 5. The summed E-state index contributed by atoms with van der Waals surface area (Å²) in [5, 5.41) is 21.6. The van der Waals surface area contributed by atoms with Crippen LogP contribution < -0.4 is 27.0 Å². The molecule has 0 aliphatic carbocycles. The molecular weight excluding hydrogens is 504 g/mol. The second kappa shape index (κ2) is 13.7. The number of carboxylic acid groups (broad SMARTS) is 1. The summed E-state index contributed by atoms with van der Waals surface area (Å²) in [6, 6.07) is 3.81. The lowest BCUT2D eigenvalue weighted by atomic mass is 9.96. The van der Waals surface area contributed by atoms with Crippen LogP contribution in [0.25, 0.3) is 10.9 Å². The van der Waals surface area contributed by atoms with E-state index in [1.165, 1.54) is 0 Å². The van der Waals surface area contributed by atoms with Gasteiger partial charge in [-0.1, -0.05) is 38.5 Å². The number of carbonyl (C=O) groups excluding carboxylic acids is 4. The molecule has 0 saturated carbocycles. The highest BCUT2D eigenvalue weighted by Gasteiger charge is 2.34. The Bertz CT molecular complexity index is 1190. The molecule has 12 nitrogen and oxygen atoms in total. The van der Waals surface area contributed by atoms with Crippen LogP contribution in [0.2, 0.25) is 0 Å². The number of hydrogen-bond donors (Lipinski definition) is 7. The van der Waals surface area contributed by atoms with Crippen LogP contribution >= 0.6 is 0 Å². The number of hydrogen-bond acceptors (Lipinski definition) is 6. The van der Waals surface area contributed by atoms with Crippen LogP contribution in [-0.2, 0) is 30.4 Å². The summed E-state index contributed by atoms with van der Waals surface area (Å²) in [4.78, 5) is 65.7. The smallest absolute Gasteiger partial charge is 0.326 e. The zero-order chi connectivity index (χ0) is 28.5. The molecule has 39 heavy (non-hydrogen) atoms. The third-order valence-corrected chi connectivity index (χ3v) is 7.20. The van der Waals surface area contributed by atoms with Gasteiger partial charge in [-0.25, -0.2) is 4.79 Å². The predicted molar refractivity (Wildman–Crippen MR) is 144 cm³/mol. The molecule has 0 spiro atoms. The van der Waals surface area contributed by atoms with Crippen molar-refractivity contribution in [2.45, 2.75) is 76.5 Å². The standard InChI is InChI=1S/C27H38N6O6/c1-3-15(2)23(26(37)31-20(27(38)39)10-11-22(28)34)33-25(36)21(32-24(35)19-9-6-12-29-19)13-16-14-30-18-8-5-4-7-17(16)18/h4-5,7-8,14-15,19-21,23,29-30H,3,6,9-13H2,1-2H3,(H2,28,34)(H,31,37)(H,32,35)(H,33,36)(H,38,39). The SMILES string of the molecule is CCC(C)C(NC(=O)C(Cc1c[nH]c2ccccc12)NC(=O)C1CCCN1)C(=O)NC(CCC(N)=O)C(=O)O. The maximum Gasteiger partial charge on any atom is 0.326 e. The number of carboxylic acids is 1. The van der Waals surface area contributed by atoms with E-state index >= 15 is 0 Å². The third kappa shape index (κ3) is 8.03. The topological polar surface area (TPSA) is 196 Å². The van der Waals surface area contributed by atoms with Gasteiger partial charge in [0.1, 0.15) is 18.1 Å². The van der Waals surface area contributed by atoms with E-state index in [0.717, 1.165) is 22.9 Å². The molecule has 5 atom stereocenters. The summed E-state index contributed by atoms with van der Waals surface area (Å²) in [6.45, 7) is 4.32. The molecule has 2 heterocycles. The molecule has 212 valence electrons.